The van der Waals surface area contributed by atoms with Crippen LogP contribution in [0.2, 0.25) is 0 Å². The molecule has 80 valence electrons. The molecule has 1 atom stereocenters. The van der Waals surface area contributed by atoms with Crippen molar-refractivity contribution in [2.45, 2.75) is 18.2 Å². The predicted octanol–water partition coefficient (Wildman–Crippen LogP) is -1.05. The van der Waals surface area contributed by atoms with Crippen molar-refractivity contribution in [1.29, 1.82) is 0 Å². The van der Waals surface area contributed by atoms with Gasteiger partial charge in [-0.3, -0.25) is 4.79 Å². The third kappa shape index (κ3) is 1.64. The molecule has 0 spiro atoms. The molecule has 6 heteroatoms. The third-order valence-corrected chi connectivity index (χ3v) is 4.95. The highest BCUT2D eigenvalue weighted by Crippen LogP contribution is 2.23. The zero-order valence-electron chi connectivity index (χ0n) is 7.90. The van der Waals surface area contributed by atoms with E-state index in [-0.39, 0.29) is 18.2 Å². The van der Waals surface area contributed by atoms with E-state index in [1.807, 2.05) is 0 Å². The lowest BCUT2D eigenvalue weighted by atomic mass is 10.3. The summed E-state index contributed by atoms with van der Waals surface area (Å²) in [5.74, 6) is 0.140. The summed E-state index contributed by atoms with van der Waals surface area (Å²) in [7, 11) is -3.04. The van der Waals surface area contributed by atoms with Gasteiger partial charge >= 0.3 is 0 Å². The van der Waals surface area contributed by atoms with Crippen molar-refractivity contribution in [2.75, 3.05) is 25.4 Å². The first-order valence-electron chi connectivity index (χ1n) is 4.83. The number of piperazine rings is 1. The van der Waals surface area contributed by atoms with Gasteiger partial charge in [-0.25, -0.2) is 8.42 Å². The van der Waals surface area contributed by atoms with Gasteiger partial charge in [-0.2, -0.15) is 0 Å². The van der Waals surface area contributed by atoms with Crippen molar-refractivity contribution in [3.8, 4) is 0 Å². The second kappa shape index (κ2) is 3.51. The number of hydrogen-bond donors (Lipinski definition) is 1. The van der Waals surface area contributed by atoms with Crippen LogP contribution in [0.1, 0.15) is 12.8 Å². The van der Waals surface area contributed by atoms with Gasteiger partial charge in [-0.15, -0.1) is 0 Å². The van der Waals surface area contributed by atoms with Gasteiger partial charge in [0.25, 0.3) is 0 Å². The highest BCUT2D eigenvalue weighted by molar-refractivity contribution is 7.92. The van der Waals surface area contributed by atoms with E-state index >= 15 is 0 Å². The molecule has 5 nitrogen and oxygen atoms in total. The minimum absolute atomic E-state index is 0.0910. The second-order valence-electron chi connectivity index (χ2n) is 3.73. The van der Waals surface area contributed by atoms with Crippen molar-refractivity contribution < 1.29 is 13.2 Å². The SMILES string of the molecule is O=C1CNCCN1C1CCCS1(=O)=O. The van der Waals surface area contributed by atoms with Gasteiger partial charge in [0.1, 0.15) is 5.37 Å². The van der Waals surface area contributed by atoms with Crippen LogP contribution < -0.4 is 5.32 Å². The summed E-state index contributed by atoms with van der Waals surface area (Å²) in [4.78, 5) is 13.0. The van der Waals surface area contributed by atoms with Gasteiger partial charge in [-0.1, -0.05) is 0 Å². The van der Waals surface area contributed by atoms with Crippen molar-refractivity contribution in [2.24, 2.45) is 0 Å². The summed E-state index contributed by atoms with van der Waals surface area (Å²) in [6.07, 6.45) is 1.29. The van der Waals surface area contributed by atoms with Crippen LogP contribution in [0, 0.1) is 0 Å². The Morgan fingerprint density at radius 2 is 2.21 bits per heavy atom. The number of nitrogens with zero attached hydrogens (tertiary/aromatic N) is 1. The molecule has 2 heterocycles. The number of hydrogen-bond acceptors (Lipinski definition) is 4. The first-order chi connectivity index (χ1) is 6.61. The predicted molar refractivity (Wildman–Crippen MR) is 51.4 cm³/mol. The Balaban J connectivity index is 2.17. The molecular weight excluding hydrogens is 204 g/mol. The fourth-order valence-corrected chi connectivity index (χ4v) is 4.03. The maximum Gasteiger partial charge on any atom is 0.237 e. The molecule has 2 saturated heterocycles. The van der Waals surface area contributed by atoms with Crippen LogP contribution in [-0.4, -0.2) is 50.0 Å². The largest absolute Gasteiger partial charge is 0.323 e. The van der Waals surface area contributed by atoms with Crippen molar-refractivity contribution in [3.63, 3.8) is 0 Å². The fraction of sp³-hybridized carbons (Fsp3) is 0.875. The Hall–Kier alpha value is -0.620. The zero-order chi connectivity index (χ0) is 10.2. The minimum Gasteiger partial charge on any atom is -0.323 e. The number of rotatable bonds is 1. The van der Waals surface area contributed by atoms with Crippen LogP contribution in [0.25, 0.3) is 0 Å². The zero-order valence-corrected chi connectivity index (χ0v) is 8.72. The number of nitrogens with one attached hydrogen (secondary N) is 1. The monoisotopic (exact) mass is 218 g/mol. The molecule has 14 heavy (non-hydrogen) atoms. The average Bonchev–Trinajstić information content (AvgIpc) is 2.46. The number of amides is 1. The molecule has 0 aromatic carbocycles. The molecule has 0 aliphatic carbocycles. The Kier molecular flexibility index (Phi) is 2.48. The van der Waals surface area contributed by atoms with Crippen LogP contribution in [0.4, 0.5) is 0 Å². The third-order valence-electron chi connectivity index (χ3n) is 2.77. The van der Waals surface area contributed by atoms with E-state index in [0.29, 0.717) is 25.9 Å². The second-order valence-corrected chi connectivity index (χ2v) is 6.01. The van der Waals surface area contributed by atoms with Gasteiger partial charge in [-0.05, 0) is 12.8 Å². The number of carbonyl (C=O) groups excluding carboxylic acids is 1. The molecule has 1 unspecified atom stereocenters. The van der Waals surface area contributed by atoms with Crippen LogP contribution >= 0.6 is 0 Å². The van der Waals surface area contributed by atoms with Gasteiger partial charge in [0.2, 0.25) is 5.91 Å². The lowest BCUT2D eigenvalue weighted by molar-refractivity contribution is -0.132. The molecule has 1 N–H and O–H groups in total. The number of sulfone groups is 1. The first kappa shape index (κ1) is 9.92. The molecule has 2 aliphatic rings. The topological polar surface area (TPSA) is 66.5 Å². The minimum atomic E-state index is -3.04. The maximum absolute atomic E-state index is 11.6. The molecule has 0 aromatic rings. The Morgan fingerprint density at radius 3 is 2.79 bits per heavy atom. The van der Waals surface area contributed by atoms with Gasteiger partial charge in [0.05, 0.1) is 12.3 Å². The molecule has 2 fully saturated rings. The summed E-state index contributed by atoms with van der Waals surface area (Å²) in [6.45, 7) is 1.48. The maximum atomic E-state index is 11.6. The Bertz CT molecular complexity index is 338. The summed E-state index contributed by atoms with van der Waals surface area (Å²) < 4.78 is 23.2. The molecule has 0 radical (unpaired) electrons. The van der Waals surface area contributed by atoms with Gasteiger partial charge in [0, 0.05) is 13.1 Å². The van der Waals surface area contributed by atoms with E-state index in [1.54, 1.807) is 0 Å². The molecule has 2 aliphatic heterocycles. The van der Waals surface area contributed by atoms with Crippen LogP contribution in [0.3, 0.4) is 0 Å². The van der Waals surface area contributed by atoms with Gasteiger partial charge in [0.15, 0.2) is 9.84 Å². The standard InChI is InChI=1S/C8H14N2O3S/c11-7-6-9-3-4-10(7)8-2-1-5-14(8,12)13/h8-9H,1-6H2. The van der Waals surface area contributed by atoms with Crippen LogP contribution in [0.5, 0.6) is 0 Å². The molecule has 2 rings (SSSR count). The molecule has 0 saturated carbocycles. The highest BCUT2D eigenvalue weighted by atomic mass is 32.2. The summed E-state index contributed by atoms with van der Waals surface area (Å²) >= 11 is 0. The lowest BCUT2D eigenvalue weighted by Crippen LogP contribution is -2.53. The van der Waals surface area contributed by atoms with Crippen LogP contribution in [0.15, 0.2) is 0 Å². The van der Waals surface area contributed by atoms with E-state index in [2.05, 4.69) is 5.32 Å². The first-order valence-corrected chi connectivity index (χ1v) is 6.54. The lowest BCUT2D eigenvalue weighted by Gasteiger charge is -2.31. The average molecular weight is 218 g/mol. The highest BCUT2D eigenvalue weighted by Gasteiger charge is 2.38. The molecule has 0 aromatic heterocycles. The van der Waals surface area contributed by atoms with E-state index in [0.717, 1.165) is 0 Å². The summed E-state index contributed by atoms with van der Waals surface area (Å²) in [5, 5.41) is 2.38. The van der Waals surface area contributed by atoms with E-state index < -0.39 is 15.2 Å². The van der Waals surface area contributed by atoms with Crippen LogP contribution in [-0.2, 0) is 14.6 Å². The van der Waals surface area contributed by atoms with Crippen molar-refractivity contribution in [3.05, 3.63) is 0 Å². The molecule has 0 bridgehead atoms. The Morgan fingerprint density at radius 1 is 1.43 bits per heavy atom. The van der Waals surface area contributed by atoms with Crippen molar-refractivity contribution in [1.82, 2.24) is 10.2 Å². The summed E-state index contributed by atoms with van der Waals surface area (Å²) in [5.41, 5.74) is 0. The van der Waals surface area contributed by atoms with E-state index in [1.165, 1.54) is 4.90 Å². The Labute approximate surface area is 83.4 Å². The smallest absolute Gasteiger partial charge is 0.237 e. The quantitative estimate of drug-likeness (QED) is 0.610. The fourth-order valence-electron chi connectivity index (χ4n) is 2.05. The normalized spacial score (nSPS) is 32.1. The van der Waals surface area contributed by atoms with E-state index in [4.69, 9.17) is 0 Å². The summed E-state index contributed by atoms with van der Waals surface area (Å²) in [6, 6.07) is 0. The van der Waals surface area contributed by atoms with Crippen molar-refractivity contribution >= 4 is 15.7 Å². The number of carbonyl (C=O) groups is 1. The van der Waals surface area contributed by atoms with Gasteiger partial charge < -0.3 is 10.2 Å². The molecular formula is C8H14N2O3S. The van der Waals surface area contributed by atoms with E-state index in [9.17, 15) is 13.2 Å². The molecule has 1 amide bonds.